The molecule has 0 aliphatic carbocycles. The number of aromatic nitrogens is 2. The van der Waals surface area contributed by atoms with Gasteiger partial charge >= 0.3 is 0 Å². The number of nitrogens with one attached hydrogen (secondary N) is 1. The molecule has 1 unspecified atom stereocenters. The molecule has 0 aromatic carbocycles. The fraction of sp³-hybridized carbons (Fsp3) is 0.800. The minimum atomic E-state index is -0.104. The first-order valence-electron chi connectivity index (χ1n) is 7.20. The van der Waals surface area contributed by atoms with E-state index in [0.717, 1.165) is 25.1 Å². The molecule has 19 heavy (non-hydrogen) atoms. The van der Waals surface area contributed by atoms with E-state index in [0.29, 0.717) is 12.1 Å². The van der Waals surface area contributed by atoms with Crippen LogP contribution < -0.4 is 5.32 Å². The van der Waals surface area contributed by atoms with Crippen LogP contribution in [-0.2, 0) is 11.2 Å². The van der Waals surface area contributed by atoms with E-state index in [1.54, 1.807) is 7.11 Å². The highest BCUT2D eigenvalue weighted by molar-refractivity contribution is 5.02. The van der Waals surface area contributed by atoms with E-state index in [1.165, 1.54) is 0 Å². The molecule has 0 saturated heterocycles. The first kappa shape index (κ1) is 16.2. The van der Waals surface area contributed by atoms with Crippen molar-refractivity contribution in [2.75, 3.05) is 13.7 Å². The average Bonchev–Trinajstić information content (AvgIpc) is 2.77. The summed E-state index contributed by atoms with van der Waals surface area (Å²) in [5.74, 6) is 0. The van der Waals surface area contributed by atoms with Crippen LogP contribution in [0.3, 0.4) is 0 Å². The van der Waals surface area contributed by atoms with Crippen molar-refractivity contribution in [2.45, 2.75) is 65.1 Å². The third-order valence-electron chi connectivity index (χ3n) is 3.43. The normalized spacial score (nSPS) is 14.1. The van der Waals surface area contributed by atoms with E-state index in [1.807, 2.05) is 4.68 Å². The second-order valence-corrected chi connectivity index (χ2v) is 6.01. The maximum Gasteiger partial charge on any atom is 0.0640 e. The number of methoxy groups -OCH3 is 1. The van der Waals surface area contributed by atoms with Crippen LogP contribution in [0, 0.1) is 0 Å². The summed E-state index contributed by atoms with van der Waals surface area (Å²) in [7, 11) is 1.77. The summed E-state index contributed by atoms with van der Waals surface area (Å²) in [5, 5.41) is 8.15. The van der Waals surface area contributed by atoms with Gasteiger partial charge in [-0.15, -0.1) is 0 Å². The van der Waals surface area contributed by atoms with Gasteiger partial charge in [-0.05, 0) is 46.7 Å². The highest BCUT2D eigenvalue weighted by Crippen LogP contribution is 2.18. The van der Waals surface area contributed by atoms with E-state index >= 15 is 0 Å². The lowest BCUT2D eigenvalue weighted by Gasteiger charge is -2.28. The summed E-state index contributed by atoms with van der Waals surface area (Å²) in [6.07, 6.45) is 3.98. The van der Waals surface area contributed by atoms with Crippen molar-refractivity contribution in [2.24, 2.45) is 0 Å². The maximum atomic E-state index is 5.53. The van der Waals surface area contributed by atoms with E-state index in [2.05, 4.69) is 57.3 Å². The van der Waals surface area contributed by atoms with Crippen LogP contribution >= 0.6 is 0 Å². The van der Waals surface area contributed by atoms with E-state index in [9.17, 15) is 0 Å². The molecule has 1 rings (SSSR count). The molecule has 1 heterocycles. The lowest BCUT2D eigenvalue weighted by atomic mass is 9.95. The van der Waals surface area contributed by atoms with Gasteiger partial charge in [0, 0.05) is 31.8 Å². The molecule has 0 radical (unpaired) electrons. The molecule has 1 aromatic heterocycles. The first-order chi connectivity index (χ1) is 8.88. The van der Waals surface area contributed by atoms with Crippen molar-refractivity contribution >= 4 is 0 Å². The van der Waals surface area contributed by atoms with Gasteiger partial charge in [0.1, 0.15) is 0 Å². The Kier molecular flexibility index (Phi) is 6.01. The molecule has 0 amide bonds. The third-order valence-corrected chi connectivity index (χ3v) is 3.43. The van der Waals surface area contributed by atoms with Crippen LogP contribution in [0.25, 0.3) is 0 Å². The summed E-state index contributed by atoms with van der Waals surface area (Å²) >= 11 is 0. The van der Waals surface area contributed by atoms with Crippen molar-refractivity contribution < 1.29 is 4.74 Å². The van der Waals surface area contributed by atoms with Crippen LogP contribution in [0.1, 0.15) is 52.8 Å². The Labute approximate surface area is 117 Å². The number of rotatable bonds is 8. The van der Waals surface area contributed by atoms with Crippen molar-refractivity contribution in [1.29, 1.82) is 0 Å². The molecule has 1 aromatic rings. The minimum Gasteiger partial charge on any atom is -0.379 e. The monoisotopic (exact) mass is 267 g/mol. The Morgan fingerprint density at radius 1 is 1.42 bits per heavy atom. The second kappa shape index (κ2) is 7.06. The lowest BCUT2D eigenvalue weighted by molar-refractivity contribution is 0.00718. The smallest absolute Gasteiger partial charge is 0.0640 e. The highest BCUT2D eigenvalue weighted by Gasteiger charge is 2.23. The molecule has 4 nitrogen and oxygen atoms in total. The van der Waals surface area contributed by atoms with Gasteiger partial charge in [-0.2, -0.15) is 5.10 Å². The molecule has 1 N–H and O–H groups in total. The molecule has 110 valence electrons. The van der Waals surface area contributed by atoms with Gasteiger partial charge in [-0.25, -0.2) is 0 Å². The second-order valence-electron chi connectivity index (χ2n) is 6.01. The lowest BCUT2D eigenvalue weighted by Crippen LogP contribution is -2.39. The van der Waals surface area contributed by atoms with Crippen molar-refractivity contribution in [3.8, 4) is 0 Å². The zero-order valence-corrected chi connectivity index (χ0v) is 13.2. The molecule has 0 saturated carbocycles. The summed E-state index contributed by atoms with van der Waals surface area (Å²) in [6.45, 7) is 11.7. The molecular formula is C15H29N3O. The van der Waals surface area contributed by atoms with Gasteiger partial charge in [0.15, 0.2) is 0 Å². The fourth-order valence-corrected chi connectivity index (χ4v) is 2.21. The minimum absolute atomic E-state index is 0.104. The van der Waals surface area contributed by atoms with Crippen LogP contribution in [0.4, 0.5) is 0 Å². The SMILES string of the molecule is CCNC(Cc1ccn(C(C)C)n1)CC(C)(C)OC. The average molecular weight is 267 g/mol. The van der Waals surface area contributed by atoms with Crippen molar-refractivity contribution in [3.05, 3.63) is 18.0 Å². The van der Waals surface area contributed by atoms with Crippen molar-refractivity contribution in [3.63, 3.8) is 0 Å². The molecule has 0 bridgehead atoms. The van der Waals surface area contributed by atoms with Gasteiger partial charge in [0.05, 0.1) is 11.3 Å². The van der Waals surface area contributed by atoms with Gasteiger partial charge in [-0.1, -0.05) is 6.92 Å². The Bertz CT molecular complexity index is 371. The Hall–Kier alpha value is -0.870. The molecule has 4 heteroatoms. The van der Waals surface area contributed by atoms with Gasteiger partial charge in [-0.3, -0.25) is 4.68 Å². The summed E-state index contributed by atoms with van der Waals surface area (Å²) in [5.41, 5.74) is 1.04. The van der Waals surface area contributed by atoms with Crippen molar-refractivity contribution in [1.82, 2.24) is 15.1 Å². The molecule has 0 spiro atoms. The Balaban J connectivity index is 2.66. The summed E-state index contributed by atoms with van der Waals surface area (Å²) in [4.78, 5) is 0. The van der Waals surface area contributed by atoms with Crippen LogP contribution in [0.2, 0.25) is 0 Å². The Morgan fingerprint density at radius 3 is 2.58 bits per heavy atom. The predicted octanol–water partition coefficient (Wildman–Crippen LogP) is 2.80. The largest absolute Gasteiger partial charge is 0.379 e. The number of nitrogens with zero attached hydrogens (tertiary/aromatic N) is 2. The van der Waals surface area contributed by atoms with E-state index in [-0.39, 0.29) is 5.60 Å². The molecule has 0 fully saturated rings. The van der Waals surface area contributed by atoms with Crippen LogP contribution in [0.5, 0.6) is 0 Å². The van der Waals surface area contributed by atoms with Gasteiger partial charge < -0.3 is 10.1 Å². The predicted molar refractivity (Wildman–Crippen MR) is 79.5 cm³/mol. The fourth-order valence-electron chi connectivity index (χ4n) is 2.21. The summed E-state index contributed by atoms with van der Waals surface area (Å²) < 4.78 is 7.54. The van der Waals surface area contributed by atoms with E-state index in [4.69, 9.17) is 4.74 Å². The first-order valence-corrected chi connectivity index (χ1v) is 7.20. The topological polar surface area (TPSA) is 39.1 Å². The number of ether oxygens (including phenoxy) is 1. The Morgan fingerprint density at radius 2 is 2.11 bits per heavy atom. The standard InChI is InChI=1S/C15H29N3O/c1-7-16-14(11-15(4,5)19-6)10-13-8-9-18(17-13)12(2)3/h8-9,12,14,16H,7,10-11H2,1-6H3. The quantitative estimate of drug-likeness (QED) is 0.787. The van der Waals surface area contributed by atoms with Gasteiger partial charge in [0.25, 0.3) is 0 Å². The van der Waals surface area contributed by atoms with Crippen LogP contribution in [0.15, 0.2) is 12.3 Å². The van der Waals surface area contributed by atoms with Gasteiger partial charge in [0.2, 0.25) is 0 Å². The summed E-state index contributed by atoms with van der Waals surface area (Å²) in [6, 6.07) is 2.93. The third kappa shape index (κ3) is 5.33. The highest BCUT2D eigenvalue weighted by atomic mass is 16.5. The zero-order valence-electron chi connectivity index (χ0n) is 13.2. The zero-order chi connectivity index (χ0) is 14.5. The molecular weight excluding hydrogens is 238 g/mol. The molecule has 1 atom stereocenters. The molecule has 0 aliphatic rings. The molecule has 0 aliphatic heterocycles. The van der Waals surface area contributed by atoms with E-state index < -0.39 is 0 Å². The number of hydrogen-bond acceptors (Lipinski definition) is 3. The van der Waals surface area contributed by atoms with Crippen LogP contribution in [-0.4, -0.2) is 35.1 Å². The maximum absolute atomic E-state index is 5.53. The number of likely N-dealkylation sites (N-methyl/N-ethyl adjacent to an activating group) is 1. The number of hydrogen-bond donors (Lipinski definition) is 1.